The maximum atomic E-state index is 14.3. The molecule has 1 aromatic heterocycles. The molecular weight excluding hydrogens is 446 g/mol. The summed E-state index contributed by atoms with van der Waals surface area (Å²) in [6.07, 6.45) is 1.57. The summed E-state index contributed by atoms with van der Waals surface area (Å²) < 4.78 is 28.4. The Kier molecular flexibility index (Phi) is 6.59. The van der Waals surface area contributed by atoms with Crippen LogP contribution in [0.15, 0.2) is 60.8 Å². The average Bonchev–Trinajstić information content (AvgIpc) is 2.81. The van der Waals surface area contributed by atoms with Gasteiger partial charge in [0.15, 0.2) is 0 Å². The molecule has 0 fully saturated rings. The number of nitriles is 1. The molecule has 0 radical (unpaired) electrons. The fraction of sp³-hybridized carbons (Fsp3) is 0.179. The van der Waals surface area contributed by atoms with Gasteiger partial charge in [-0.3, -0.25) is 9.78 Å². The highest BCUT2D eigenvalue weighted by molar-refractivity contribution is 6.12. The van der Waals surface area contributed by atoms with Crippen LogP contribution in [0.3, 0.4) is 0 Å². The molecule has 7 heteroatoms. The zero-order valence-electron chi connectivity index (χ0n) is 19.6. The monoisotopic (exact) mass is 470 g/mol. The Morgan fingerprint density at radius 2 is 1.77 bits per heavy atom. The summed E-state index contributed by atoms with van der Waals surface area (Å²) in [5, 5.41) is 9.78. The van der Waals surface area contributed by atoms with Crippen molar-refractivity contribution in [3.8, 4) is 28.3 Å². The lowest BCUT2D eigenvalue weighted by Gasteiger charge is -2.22. The summed E-state index contributed by atoms with van der Waals surface area (Å²) in [6.45, 7) is 3.90. The molecule has 0 aliphatic heterocycles. The number of nitrogens with zero attached hydrogens (tertiary/aromatic N) is 3. The Labute approximate surface area is 202 Å². The van der Waals surface area contributed by atoms with Crippen molar-refractivity contribution in [2.45, 2.75) is 19.9 Å². The summed E-state index contributed by atoms with van der Waals surface area (Å²) in [6, 6.07) is 15.6. The van der Waals surface area contributed by atoms with Crippen LogP contribution in [0.5, 0.6) is 0 Å². The normalized spacial score (nSPS) is 11.8. The van der Waals surface area contributed by atoms with Crippen molar-refractivity contribution in [2.24, 2.45) is 5.73 Å². The number of rotatable bonds is 5. The lowest BCUT2D eigenvalue weighted by atomic mass is 9.93. The molecule has 0 aliphatic carbocycles. The van der Waals surface area contributed by atoms with Gasteiger partial charge in [0, 0.05) is 36.8 Å². The highest BCUT2D eigenvalue weighted by atomic mass is 19.1. The second kappa shape index (κ2) is 9.61. The molecule has 1 amide bonds. The molecular formula is C28H24F2N4O. The number of amides is 1. The van der Waals surface area contributed by atoms with Crippen molar-refractivity contribution in [3.05, 3.63) is 89.1 Å². The number of nitrogens with two attached hydrogens (primary N) is 1. The first-order valence-corrected chi connectivity index (χ1v) is 11.1. The molecule has 0 bridgehead atoms. The first-order valence-electron chi connectivity index (χ1n) is 11.1. The van der Waals surface area contributed by atoms with E-state index in [4.69, 9.17) is 5.73 Å². The van der Waals surface area contributed by atoms with Crippen molar-refractivity contribution in [1.29, 1.82) is 5.26 Å². The number of hydrogen-bond donors (Lipinski definition) is 1. The van der Waals surface area contributed by atoms with E-state index < -0.39 is 11.6 Å². The minimum atomic E-state index is -0.533. The third-order valence-corrected chi connectivity index (χ3v) is 5.70. The number of aryl methyl sites for hydroxylation is 1. The first-order chi connectivity index (χ1) is 16.7. The van der Waals surface area contributed by atoms with Crippen molar-refractivity contribution in [1.82, 2.24) is 9.88 Å². The molecule has 0 saturated carbocycles. The van der Waals surface area contributed by atoms with E-state index in [9.17, 15) is 18.8 Å². The molecule has 0 saturated heterocycles. The van der Waals surface area contributed by atoms with E-state index >= 15 is 0 Å². The average molecular weight is 471 g/mol. The number of benzene rings is 3. The van der Waals surface area contributed by atoms with Gasteiger partial charge in [-0.1, -0.05) is 12.1 Å². The van der Waals surface area contributed by atoms with Gasteiger partial charge in [-0.05, 0) is 78.6 Å². The lowest BCUT2D eigenvalue weighted by molar-refractivity contribution is 0.0791. The molecule has 5 nitrogen and oxygen atoms in total. The van der Waals surface area contributed by atoms with Crippen LogP contribution in [0.25, 0.3) is 33.2 Å². The van der Waals surface area contributed by atoms with Crippen molar-refractivity contribution >= 4 is 16.8 Å². The van der Waals surface area contributed by atoms with Crippen LogP contribution in [0.1, 0.15) is 28.4 Å². The zero-order chi connectivity index (χ0) is 25.3. The Morgan fingerprint density at radius 3 is 2.46 bits per heavy atom. The number of aromatic nitrogens is 1. The van der Waals surface area contributed by atoms with Crippen LogP contribution < -0.4 is 5.73 Å². The van der Waals surface area contributed by atoms with Crippen LogP contribution in [0.2, 0.25) is 0 Å². The van der Waals surface area contributed by atoms with Crippen molar-refractivity contribution in [2.75, 3.05) is 13.6 Å². The van der Waals surface area contributed by atoms with Gasteiger partial charge in [0.1, 0.15) is 11.6 Å². The van der Waals surface area contributed by atoms with E-state index in [0.29, 0.717) is 50.8 Å². The Hall–Kier alpha value is -4.15. The minimum absolute atomic E-state index is 0.190. The van der Waals surface area contributed by atoms with Gasteiger partial charge >= 0.3 is 0 Å². The van der Waals surface area contributed by atoms with E-state index in [-0.39, 0.29) is 17.5 Å². The quantitative estimate of drug-likeness (QED) is 0.421. The van der Waals surface area contributed by atoms with Gasteiger partial charge in [0.25, 0.3) is 5.91 Å². The molecule has 176 valence electrons. The lowest BCUT2D eigenvalue weighted by Crippen LogP contribution is -2.37. The fourth-order valence-corrected chi connectivity index (χ4v) is 4.24. The summed E-state index contributed by atoms with van der Waals surface area (Å²) >= 11 is 0. The minimum Gasteiger partial charge on any atom is -0.340 e. The number of halogens is 2. The molecule has 1 heterocycles. The van der Waals surface area contributed by atoms with Crippen LogP contribution in [-0.2, 0) is 0 Å². The fourth-order valence-electron chi connectivity index (χ4n) is 4.24. The largest absolute Gasteiger partial charge is 0.340 e. The summed E-state index contributed by atoms with van der Waals surface area (Å²) in [5.74, 6) is -1.24. The maximum Gasteiger partial charge on any atom is 0.255 e. The number of carbonyl (C=O) groups excluding carboxylic acids is 1. The van der Waals surface area contributed by atoms with E-state index in [2.05, 4.69) is 4.98 Å². The van der Waals surface area contributed by atoms with Gasteiger partial charge in [0.05, 0.1) is 22.7 Å². The van der Waals surface area contributed by atoms with Gasteiger partial charge in [-0.2, -0.15) is 5.26 Å². The summed E-state index contributed by atoms with van der Waals surface area (Å²) in [7, 11) is 1.66. The van der Waals surface area contributed by atoms with E-state index in [1.54, 1.807) is 57.4 Å². The number of likely N-dealkylation sites (N-methyl/N-ethyl adjacent to an activating group) is 1. The third-order valence-electron chi connectivity index (χ3n) is 5.70. The van der Waals surface area contributed by atoms with E-state index in [1.165, 1.54) is 23.1 Å². The SMILES string of the molecule is Cc1cc(F)cc(-c2cnc3ccc(-c4cc(F)cc(C#N)c4)cc3c2C(=O)N(C)C[C@H](C)N)c1. The topological polar surface area (TPSA) is 83.0 Å². The van der Waals surface area contributed by atoms with Crippen molar-refractivity contribution in [3.63, 3.8) is 0 Å². The Balaban J connectivity index is 2.00. The number of pyridine rings is 1. The molecule has 1 atom stereocenters. The molecule has 35 heavy (non-hydrogen) atoms. The summed E-state index contributed by atoms with van der Waals surface area (Å²) in [4.78, 5) is 19.8. The van der Waals surface area contributed by atoms with E-state index in [0.717, 1.165) is 6.07 Å². The van der Waals surface area contributed by atoms with Crippen molar-refractivity contribution < 1.29 is 13.6 Å². The number of fused-ring (bicyclic) bond motifs is 1. The zero-order valence-corrected chi connectivity index (χ0v) is 19.6. The first kappa shape index (κ1) is 24.0. The van der Waals surface area contributed by atoms with Gasteiger partial charge in [0.2, 0.25) is 0 Å². The highest BCUT2D eigenvalue weighted by Gasteiger charge is 2.22. The molecule has 0 spiro atoms. The predicted molar refractivity (Wildman–Crippen MR) is 133 cm³/mol. The second-order valence-corrected chi connectivity index (χ2v) is 8.80. The van der Waals surface area contributed by atoms with Crippen LogP contribution in [0, 0.1) is 29.9 Å². The standard InChI is InChI=1S/C28H24F2N4O/c1-16-6-21(11-22(29)7-16)25-14-33-26-5-4-19(20-8-18(13-31)9-23(30)10-20)12-24(26)27(25)28(35)34(3)15-17(2)32/h4-12,14,17H,15,32H2,1-3H3/t17-/m0/s1. The molecule has 0 unspecified atom stereocenters. The maximum absolute atomic E-state index is 14.3. The second-order valence-electron chi connectivity index (χ2n) is 8.80. The smallest absolute Gasteiger partial charge is 0.255 e. The Morgan fingerprint density at radius 1 is 1.06 bits per heavy atom. The van der Waals surface area contributed by atoms with Crippen LogP contribution >= 0.6 is 0 Å². The van der Waals surface area contributed by atoms with Gasteiger partial charge in [-0.25, -0.2) is 8.78 Å². The van der Waals surface area contributed by atoms with E-state index in [1.807, 2.05) is 6.07 Å². The van der Waals surface area contributed by atoms with Gasteiger partial charge < -0.3 is 10.6 Å². The third kappa shape index (κ3) is 5.03. The molecule has 0 aliphatic rings. The number of carbonyl (C=O) groups is 1. The molecule has 2 N–H and O–H groups in total. The number of hydrogen-bond acceptors (Lipinski definition) is 4. The Bertz CT molecular complexity index is 1470. The molecule has 4 aromatic rings. The summed E-state index contributed by atoms with van der Waals surface area (Å²) in [5.41, 5.74) is 9.86. The molecule has 3 aromatic carbocycles. The highest BCUT2D eigenvalue weighted by Crippen LogP contribution is 2.34. The predicted octanol–water partition coefficient (Wildman–Crippen LogP) is 5.45. The van der Waals surface area contributed by atoms with Gasteiger partial charge in [-0.15, -0.1) is 0 Å². The van der Waals surface area contributed by atoms with Crippen LogP contribution in [0.4, 0.5) is 8.78 Å². The molecule has 4 rings (SSSR count). The van der Waals surface area contributed by atoms with Crippen LogP contribution in [-0.4, -0.2) is 35.4 Å².